The molecule has 1 amide bonds. The van der Waals surface area contributed by atoms with Gasteiger partial charge in [-0.2, -0.15) is 0 Å². The molecule has 0 unspecified atom stereocenters. The molecule has 3 rings (SSSR count). The van der Waals surface area contributed by atoms with Gasteiger partial charge in [0.25, 0.3) is 0 Å². The number of anilines is 2. The van der Waals surface area contributed by atoms with Gasteiger partial charge in [-0.3, -0.25) is 19.1 Å². The third-order valence-electron chi connectivity index (χ3n) is 3.71. The fraction of sp³-hybridized carbons (Fsp3) is 0.111. The molecule has 0 aliphatic heterocycles. The van der Waals surface area contributed by atoms with E-state index in [1.165, 1.54) is 29.4 Å². The number of amides is 1. The first-order valence-corrected chi connectivity index (χ1v) is 7.20. The van der Waals surface area contributed by atoms with Gasteiger partial charge >= 0.3 is 0 Å². The van der Waals surface area contributed by atoms with Crippen LogP contribution in [0.1, 0.15) is 18.6 Å². The number of hydrogen-bond donors (Lipinski definition) is 1. The highest BCUT2D eigenvalue weighted by molar-refractivity contribution is 6.10. The Bertz CT molecular complexity index is 912. The monoisotopic (exact) mass is 308 g/mol. The molecule has 1 aromatic heterocycles. The van der Waals surface area contributed by atoms with E-state index in [1.807, 2.05) is 24.3 Å². The molecule has 0 spiro atoms. The van der Waals surface area contributed by atoms with Crippen molar-refractivity contribution in [1.82, 2.24) is 4.57 Å². The topological polar surface area (TPSA) is 62.5 Å². The highest BCUT2D eigenvalue weighted by atomic mass is 16.3. The Labute approximate surface area is 133 Å². The van der Waals surface area contributed by atoms with E-state index in [4.69, 9.17) is 0 Å². The van der Waals surface area contributed by atoms with Gasteiger partial charge in [0.2, 0.25) is 11.8 Å². The molecule has 0 aliphatic carbocycles. The average Bonchev–Trinajstić information content (AvgIpc) is 2.89. The molecule has 0 fully saturated rings. The molecule has 1 heterocycles. The van der Waals surface area contributed by atoms with E-state index in [0.717, 1.165) is 10.9 Å². The lowest BCUT2D eigenvalue weighted by atomic mass is 10.2. The summed E-state index contributed by atoms with van der Waals surface area (Å²) in [5.41, 5.74) is 1.66. The predicted molar refractivity (Wildman–Crippen MR) is 89.2 cm³/mol. The molecule has 2 aromatic carbocycles. The summed E-state index contributed by atoms with van der Waals surface area (Å²) in [6.45, 7) is 2.89. The standard InChI is InChI=1S/C18H16N2O3/c1-12(21)19-11-17(14-7-3-4-8-15(14)19)20(13(2)22)16-9-5-6-10-18(16)23/h3-11,23H,1-2H3. The van der Waals surface area contributed by atoms with E-state index in [1.54, 1.807) is 24.4 Å². The number of phenols is 1. The Morgan fingerprint density at radius 2 is 1.61 bits per heavy atom. The first kappa shape index (κ1) is 14.8. The molecule has 1 N–H and O–H groups in total. The fourth-order valence-electron chi connectivity index (χ4n) is 2.72. The number of rotatable bonds is 2. The normalized spacial score (nSPS) is 10.7. The van der Waals surface area contributed by atoms with Gasteiger partial charge in [-0.05, 0) is 18.2 Å². The third kappa shape index (κ3) is 2.46. The first-order valence-electron chi connectivity index (χ1n) is 7.20. The first-order chi connectivity index (χ1) is 11.0. The van der Waals surface area contributed by atoms with Gasteiger partial charge in [0.1, 0.15) is 5.75 Å². The Morgan fingerprint density at radius 1 is 0.957 bits per heavy atom. The molecule has 0 saturated heterocycles. The van der Waals surface area contributed by atoms with Crippen LogP contribution in [0.3, 0.4) is 0 Å². The van der Waals surface area contributed by atoms with Crippen LogP contribution >= 0.6 is 0 Å². The van der Waals surface area contributed by atoms with Crippen molar-refractivity contribution >= 4 is 34.1 Å². The van der Waals surface area contributed by atoms with Crippen molar-refractivity contribution < 1.29 is 14.7 Å². The number of fused-ring (bicyclic) bond motifs is 1. The summed E-state index contributed by atoms with van der Waals surface area (Å²) >= 11 is 0. The van der Waals surface area contributed by atoms with Gasteiger partial charge in [-0.15, -0.1) is 0 Å². The number of para-hydroxylation sites is 3. The molecule has 3 aromatic rings. The van der Waals surface area contributed by atoms with Crippen LogP contribution in [0.2, 0.25) is 0 Å². The van der Waals surface area contributed by atoms with Crippen LogP contribution in [0.5, 0.6) is 5.75 Å². The second kappa shape index (κ2) is 5.61. The van der Waals surface area contributed by atoms with Crippen LogP contribution in [-0.2, 0) is 4.79 Å². The van der Waals surface area contributed by atoms with Crippen molar-refractivity contribution in [3.63, 3.8) is 0 Å². The van der Waals surface area contributed by atoms with E-state index in [2.05, 4.69) is 0 Å². The highest BCUT2D eigenvalue weighted by Crippen LogP contribution is 2.37. The Kier molecular flexibility index (Phi) is 3.62. The molecule has 0 saturated carbocycles. The summed E-state index contributed by atoms with van der Waals surface area (Å²) < 4.78 is 1.50. The lowest BCUT2D eigenvalue weighted by molar-refractivity contribution is -0.115. The summed E-state index contributed by atoms with van der Waals surface area (Å²) in [5.74, 6) is -0.395. The minimum absolute atomic E-state index is 0.00218. The quantitative estimate of drug-likeness (QED) is 0.785. The molecule has 0 atom stereocenters. The van der Waals surface area contributed by atoms with E-state index in [9.17, 15) is 14.7 Å². The number of carbonyl (C=O) groups excluding carboxylic acids is 2. The summed E-state index contributed by atoms with van der Waals surface area (Å²) in [5, 5.41) is 10.9. The molecule has 5 nitrogen and oxygen atoms in total. The number of aromatic nitrogens is 1. The summed E-state index contributed by atoms with van der Waals surface area (Å²) in [7, 11) is 0. The van der Waals surface area contributed by atoms with Crippen molar-refractivity contribution in [2.24, 2.45) is 0 Å². The number of nitrogens with zero attached hydrogens (tertiary/aromatic N) is 2. The smallest absolute Gasteiger partial charge is 0.228 e. The van der Waals surface area contributed by atoms with E-state index < -0.39 is 0 Å². The van der Waals surface area contributed by atoms with E-state index >= 15 is 0 Å². The van der Waals surface area contributed by atoms with Gasteiger partial charge in [0, 0.05) is 25.4 Å². The molecule has 5 heteroatoms. The number of aromatic hydroxyl groups is 1. The van der Waals surface area contributed by atoms with Crippen LogP contribution < -0.4 is 4.90 Å². The van der Waals surface area contributed by atoms with E-state index in [-0.39, 0.29) is 17.6 Å². The number of benzene rings is 2. The maximum absolute atomic E-state index is 12.2. The van der Waals surface area contributed by atoms with Crippen molar-refractivity contribution in [2.45, 2.75) is 13.8 Å². The van der Waals surface area contributed by atoms with E-state index in [0.29, 0.717) is 11.4 Å². The minimum Gasteiger partial charge on any atom is -0.506 e. The lowest BCUT2D eigenvalue weighted by Crippen LogP contribution is -2.22. The van der Waals surface area contributed by atoms with Gasteiger partial charge < -0.3 is 5.11 Å². The molecular weight excluding hydrogens is 292 g/mol. The summed E-state index contributed by atoms with van der Waals surface area (Å²) in [6.07, 6.45) is 1.63. The van der Waals surface area contributed by atoms with Crippen molar-refractivity contribution in [1.29, 1.82) is 0 Å². The largest absolute Gasteiger partial charge is 0.506 e. The van der Waals surface area contributed by atoms with Crippen LogP contribution in [0, 0.1) is 0 Å². The third-order valence-corrected chi connectivity index (χ3v) is 3.71. The fourth-order valence-corrected chi connectivity index (χ4v) is 2.72. The molecular formula is C18H16N2O3. The molecule has 23 heavy (non-hydrogen) atoms. The van der Waals surface area contributed by atoms with Gasteiger partial charge in [0.15, 0.2) is 0 Å². The predicted octanol–water partition coefficient (Wildman–Crippen LogP) is 3.69. The summed E-state index contributed by atoms with van der Waals surface area (Å²) in [6, 6.07) is 14.0. The van der Waals surface area contributed by atoms with Gasteiger partial charge in [-0.1, -0.05) is 30.3 Å². The SMILES string of the molecule is CC(=O)N(c1ccccc1O)c1cn(C(C)=O)c2ccccc12. The molecule has 0 aliphatic rings. The molecule has 0 bridgehead atoms. The highest BCUT2D eigenvalue weighted by Gasteiger charge is 2.22. The zero-order valence-electron chi connectivity index (χ0n) is 12.9. The number of phenolic OH excluding ortho intramolecular Hbond substituents is 1. The zero-order valence-corrected chi connectivity index (χ0v) is 12.9. The lowest BCUT2D eigenvalue weighted by Gasteiger charge is -2.21. The average molecular weight is 308 g/mol. The zero-order chi connectivity index (χ0) is 16.6. The number of hydrogen-bond acceptors (Lipinski definition) is 3. The maximum atomic E-state index is 12.2. The number of carbonyl (C=O) groups is 2. The Morgan fingerprint density at radius 3 is 2.26 bits per heavy atom. The van der Waals surface area contributed by atoms with Gasteiger partial charge in [0.05, 0.1) is 16.9 Å². The Hall–Kier alpha value is -3.08. The van der Waals surface area contributed by atoms with Crippen molar-refractivity contribution in [3.8, 4) is 5.75 Å². The second-order valence-corrected chi connectivity index (χ2v) is 5.26. The van der Waals surface area contributed by atoms with Crippen LogP contribution in [0.4, 0.5) is 11.4 Å². The second-order valence-electron chi connectivity index (χ2n) is 5.26. The van der Waals surface area contributed by atoms with Crippen LogP contribution in [-0.4, -0.2) is 21.5 Å². The summed E-state index contributed by atoms with van der Waals surface area (Å²) in [4.78, 5) is 25.5. The van der Waals surface area contributed by atoms with Crippen LogP contribution in [0.25, 0.3) is 10.9 Å². The molecule has 116 valence electrons. The minimum atomic E-state index is -0.252. The van der Waals surface area contributed by atoms with Crippen molar-refractivity contribution in [3.05, 3.63) is 54.7 Å². The molecule has 0 radical (unpaired) electrons. The maximum Gasteiger partial charge on any atom is 0.228 e. The van der Waals surface area contributed by atoms with Crippen LogP contribution in [0.15, 0.2) is 54.7 Å². The van der Waals surface area contributed by atoms with Crippen molar-refractivity contribution in [2.75, 3.05) is 4.90 Å². The Balaban J connectivity index is 2.30. The van der Waals surface area contributed by atoms with Gasteiger partial charge in [-0.25, -0.2) is 0 Å².